The van der Waals surface area contributed by atoms with E-state index in [2.05, 4.69) is 29.6 Å². The first-order chi connectivity index (χ1) is 8.36. The van der Waals surface area contributed by atoms with E-state index in [9.17, 15) is 5.11 Å². The van der Waals surface area contributed by atoms with Gasteiger partial charge in [-0.15, -0.1) is 0 Å². The third kappa shape index (κ3) is 4.14. The second-order valence-corrected chi connectivity index (χ2v) is 5.00. The molecule has 1 saturated carbocycles. The fourth-order valence-corrected chi connectivity index (χ4v) is 2.57. The van der Waals surface area contributed by atoms with Crippen molar-refractivity contribution in [1.29, 1.82) is 0 Å². The average Bonchev–Trinajstić information content (AvgIpc) is 2.56. The number of rotatable bonds is 4. The monoisotopic (exact) mass is 233 g/mol. The SMILES string of the molecule is OC1CCCCCC1NCCc1ccccc1. The molecule has 0 saturated heterocycles. The van der Waals surface area contributed by atoms with E-state index in [1.807, 2.05) is 6.07 Å². The molecule has 1 aromatic carbocycles. The second-order valence-electron chi connectivity index (χ2n) is 5.00. The van der Waals surface area contributed by atoms with Crippen LogP contribution < -0.4 is 5.32 Å². The van der Waals surface area contributed by atoms with Crippen LogP contribution in [0.15, 0.2) is 30.3 Å². The molecule has 0 heterocycles. The number of aliphatic hydroxyl groups is 1. The van der Waals surface area contributed by atoms with Gasteiger partial charge in [-0.2, -0.15) is 0 Å². The van der Waals surface area contributed by atoms with E-state index in [0.717, 1.165) is 25.8 Å². The largest absolute Gasteiger partial charge is 0.392 e. The first-order valence-electron chi connectivity index (χ1n) is 6.81. The fraction of sp³-hybridized carbons (Fsp3) is 0.600. The lowest BCUT2D eigenvalue weighted by molar-refractivity contribution is 0.120. The first-order valence-corrected chi connectivity index (χ1v) is 6.81. The molecule has 2 N–H and O–H groups in total. The van der Waals surface area contributed by atoms with Crippen molar-refractivity contribution in [3.63, 3.8) is 0 Å². The molecule has 0 bridgehead atoms. The van der Waals surface area contributed by atoms with Crippen molar-refractivity contribution >= 4 is 0 Å². The maximum atomic E-state index is 9.98. The molecule has 2 nitrogen and oxygen atoms in total. The molecule has 2 heteroatoms. The summed E-state index contributed by atoms with van der Waals surface area (Å²) < 4.78 is 0. The molecule has 1 fully saturated rings. The molecule has 0 amide bonds. The van der Waals surface area contributed by atoms with Crippen LogP contribution in [-0.2, 0) is 6.42 Å². The summed E-state index contributed by atoms with van der Waals surface area (Å²) in [6.45, 7) is 0.964. The average molecular weight is 233 g/mol. The Morgan fingerprint density at radius 2 is 1.82 bits per heavy atom. The summed E-state index contributed by atoms with van der Waals surface area (Å²) in [5.41, 5.74) is 1.36. The lowest BCUT2D eigenvalue weighted by atomic mass is 10.1. The van der Waals surface area contributed by atoms with Gasteiger partial charge in [0.1, 0.15) is 0 Å². The molecule has 0 radical (unpaired) electrons. The topological polar surface area (TPSA) is 32.3 Å². The smallest absolute Gasteiger partial charge is 0.0693 e. The van der Waals surface area contributed by atoms with E-state index >= 15 is 0 Å². The van der Waals surface area contributed by atoms with Crippen LogP contribution in [0.2, 0.25) is 0 Å². The molecule has 0 spiro atoms. The summed E-state index contributed by atoms with van der Waals surface area (Å²) in [4.78, 5) is 0. The molecule has 1 aliphatic carbocycles. The highest BCUT2D eigenvalue weighted by molar-refractivity contribution is 5.14. The van der Waals surface area contributed by atoms with E-state index in [0.29, 0.717) is 6.04 Å². The standard InChI is InChI=1S/C15H23NO/c17-15-10-6-2-5-9-14(15)16-12-11-13-7-3-1-4-8-13/h1,3-4,7-8,14-17H,2,5-6,9-12H2. The van der Waals surface area contributed by atoms with Gasteiger partial charge in [-0.05, 0) is 31.4 Å². The number of benzene rings is 1. The molecule has 0 aromatic heterocycles. The highest BCUT2D eigenvalue weighted by Gasteiger charge is 2.20. The van der Waals surface area contributed by atoms with Crippen molar-refractivity contribution in [2.24, 2.45) is 0 Å². The molecule has 0 aliphatic heterocycles. The Morgan fingerprint density at radius 1 is 1.06 bits per heavy atom. The van der Waals surface area contributed by atoms with E-state index < -0.39 is 0 Å². The summed E-state index contributed by atoms with van der Waals surface area (Å²) in [6, 6.07) is 10.8. The van der Waals surface area contributed by atoms with Crippen LogP contribution in [-0.4, -0.2) is 23.8 Å². The van der Waals surface area contributed by atoms with Gasteiger partial charge in [0.05, 0.1) is 6.10 Å². The van der Waals surface area contributed by atoms with Crippen molar-refractivity contribution in [3.8, 4) is 0 Å². The highest BCUT2D eigenvalue weighted by Crippen LogP contribution is 2.17. The predicted molar refractivity (Wildman–Crippen MR) is 71.0 cm³/mol. The molecule has 1 aliphatic rings. The van der Waals surface area contributed by atoms with Crippen LogP contribution in [0.1, 0.15) is 37.7 Å². The first kappa shape index (κ1) is 12.6. The van der Waals surface area contributed by atoms with Gasteiger partial charge in [-0.3, -0.25) is 0 Å². The van der Waals surface area contributed by atoms with E-state index in [4.69, 9.17) is 0 Å². The van der Waals surface area contributed by atoms with Gasteiger partial charge in [0.25, 0.3) is 0 Å². The van der Waals surface area contributed by atoms with Crippen LogP contribution in [0, 0.1) is 0 Å². The fourth-order valence-electron chi connectivity index (χ4n) is 2.57. The minimum atomic E-state index is -0.145. The van der Waals surface area contributed by atoms with Crippen LogP contribution in [0.25, 0.3) is 0 Å². The zero-order chi connectivity index (χ0) is 11.9. The number of hydrogen-bond donors (Lipinski definition) is 2. The van der Waals surface area contributed by atoms with Crippen LogP contribution in [0.3, 0.4) is 0 Å². The van der Waals surface area contributed by atoms with Crippen LogP contribution in [0.4, 0.5) is 0 Å². The lowest BCUT2D eigenvalue weighted by Gasteiger charge is -2.21. The number of hydrogen-bond acceptors (Lipinski definition) is 2. The predicted octanol–water partition coefficient (Wildman–Crippen LogP) is 2.51. The molecule has 17 heavy (non-hydrogen) atoms. The van der Waals surface area contributed by atoms with Crippen molar-refractivity contribution in [2.75, 3.05) is 6.54 Å². The normalized spacial score (nSPS) is 25.5. The molecule has 2 atom stereocenters. The van der Waals surface area contributed by atoms with Gasteiger partial charge in [-0.1, -0.05) is 49.6 Å². The zero-order valence-electron chi connectivity index (χ0n) is 10.4. The van der Waals surface area contributed by atoms with Gasteiger partial charge in [0, 0.05) is 6.04 Å². The third-order valence-corrected chi connectivity index (χ3v) is 3.64. The molecule has 1 aromatic rings. The summed E-state index contributed by atoms with van der Waals surface area (Å²) in [5, 5.41) is 13.5. The van der Waals surface area contributed by atoms with Gasteiger partial charge in [0.15, 0.2) is 0 Å². The van der Waals surface area contributed by atoms with E-state index in [1.165, 1.54) is 24.8 Å². The van der Waals surface area contributed by atoms with Crippen molar-refractivity contribution in [2.45, 2.75) is 50.7 Å². The van der Waals surface area contributed by atoms with Crippen LogP contribution >= 0.6 is 0 Å². The Labute approximate surface area is 104 Å². The Morgan fingerprint density at radius 3 is 2.65 bits per heavy atom. The minimum Gasteiger partial charge on any atom is -0.392 e. The van der Waals surface area contributed by atoms with Crippen molar-refractivity contribution in [1.82, 2.24) is 5.32 Å². The molecule has 94 valence electrons. The number of nitrogens with one attached hydrogen (secondary N) is 1. The Kier molecular flexibility index (Phi) is 5.02. The summed E-state index contributed by atoms with van der Waals surface area (Å²) in [7, 11) is 0. The zero-order valence-corrected chi connectivity index (χ0v) is 10.4. The second kappa shape index (κ2) is 6.77. The number of aliphatic hydroxyl groups excluding tert-OH is 1. The van der Waals surface area contributed by atoms with Gasteiger partial charge in [0.2, 0.25) is 0 Å². The van der Waals surface area contributed by atoms with E-state index in [1.54, 1.807) is 0 Å². The molecular weight excluding hydrogens is 210 g/mol. The summed E-state index contributed by atoms with van der Waals surface area (Å²) in [5.74, 6) is 0. The van der Waals surface area contributed by atoms with Crippen molar-refractivity contribution < 1.29 is 5.11 Å². The minimum absolute atomic E-state index is 0.145. The maximum absolute atomic E-state index is 9.98. The summed E-state index contributed by atoms with van der Waals surface area (Å²) >= 11 is 0. The third-order valence-electron chi connectivity index (χ3n) is 3.64. The lowest BCUT2D eigenvalue weighted by Crippen LogP contribution is -2.40. The Balaban J connectivity index is 1.73. The molecular formula is C15H23NO. The van der Waals surface area contributed by atoms with Gasteiger partial charge >= 0.3 is 0 Å². The highest BCUT2D eigenvalue weighted by atomic mass is 16.3. The Bertz CT molecular complexity index is 312. The Hall–Kier alpha value is -0.860. The van der Waals surface area contributed by atoms with Gasteiger partial charge in [-0.25, -0.2) is 0 Å². The molecule has 2 unspecified atom stereocenters. The molecule has 2 rings (SSSR count). The van der Waals surface area contributed by atoms with E-state index in [-0.39, 0.29) is 6.10 Å². The summed E-state index contributed by atoms with van der Waals surface area (Å²) in [6.07, 6.45) is 6.68. The quantitative estimate of drug-likeness (QED) is 0.783. The van der Waals surface area contributed by atoms with Crippen LogP contribution in [0.5, 0.6) is 0 Å². The van der Waals surface area contributed by atoms with Gasteiger partial charge < -0.3 is 10.4 Å². The van der Waals surface area contributed by atoms with Crippen molar-refractivity contribution in [3.05, 3.63) is 35.9 Å². The maximum Gasteiger partial charge on any atom is 0.0693 e.